The Kier molecular flexibility index (Phi) is 3.37. The summed E-state index contributed by atoms with van der Waals surface area (Å²) >= 11 is 0. The molecule has 0 saturated heterocycles. The van der Waals surface area contributed by atoms with Crippen molar-refractivity contribution in [3.8, 4) is 0 Å². The molecule has 0 aliphatic rings. The molecule has 2 aromatic rings. The van der Waals surface area contributed by atoms with Crippen LogP contribution in [0.5, 0.6) is 0 Å². The van der Waals surface area contributed by atoms with Crippen LogP contribution in [0.1, 0.15) is 25.5 Å². The first-order valence-corrected chi connectivity index (χ1v) is 5.61. The van der Waals surface area contributed by atoms with Gasteiger partial charge in [0, 0.05) is 6.54 Å². The second kappa shape index (κ2) is 4.95. The van der Waals surface area contributed by atoms with Crippen molar-refractivity contribution in [2.24, 2.45) is 0 Å². The highest BCUT2D eigenvalue weighted by Crippen LogP contribution is 2.18. The summed E-state index contributed by atoms with van der Waals surface area (Å²) < 4.78 is 14.9. The van der Waals surface area contributed by atoms with Gasteiger partial charge in [0.25, 0.3) is 0 Å². The van der Waals surface area contributed by atoms with Crippen LogP contribution in [0, 0.1) is 5.82 Å². The second-order valence-corrected chi connectivity index (χ2v) is 3.86. The van der Waals surface area contributed by atoms with E-state index < -0.39 is 0 Å². The van der Waals surface area contributed by atoms with Crippen LogP contribution in [0.15, 0.2) is 30.5 Å². The number of aryl methyl sites for hydroxylation is 1. The summed E-state index contributed by atoms with van der Waals surface area (Å²) in [5.41, 5.74) is 0.897. The lowest BCUT2D eigenvalue weighted by Gasteiger charge is -2.15. The lowest BCUT2D eigenvalue weighted by molar-refractivity contribution is 0.619. The standard InChI is InChI=1S/C12H15FN4/c1-3-17-12(8-14-16-17)15-9(2)10-5-4-6-11(13)7-10/h4-9,15H,3H2,1-2H3. The molecule has 0 amide bonds. The van der Waals surface area contributed by atoms with Crippen LogP contribution in [0.4, 0.5) is 10.2 Å². The van der Waals surface area contributed by atoms with Gasteiger partial charge in [0.05, 0.1) is 12.2 Å². The molecular weight excluding hydrogens is 219 g/mol. The Balaban J connectivity index is 2.14. The van der Waals surface area contributed by atoms with Crippen molar-refractivity contribution in [2.75, 3.05) is 5.32 Å². The number of nitrogens with one attached hydrogen (secondary N) is 1. The van der Waals surface area contributed by atoms with Gasteiger partial charge >= 0.3 is 0 Å². The molecule has 5 heteroatoms. The quantitative estimate of drug-likeness (QED) is 0.884. The van der Waals surface area contributed by atoms with Gasteiger partial charge in [-0.25, -0.2) is 9.07 Å². The summed E-state index contributed by atoms with van der Waals surface area (Å²) in [6, 6.07) is 6.57. The van der Waals surface area contributed by atoms with Gasteiger partial charge in [-0.05, 0) is 31.5 Å². The van der Waals surface area contributed by atoms with E-state index in [4.69, 9.17) is 0 Å². The molecule has 4 nitrogen and oxygen atoms in total. The van der Waals surface area contributed by atoms with Gasteiger partial charge in [-0.3, -0.25) is 0 Å². The van der Waals surface area contributed by atoms with Crippen LogP contribution >= 0.6 is 0 Å². The van der Waals surface area contributed by atoms with Crippen molar-refractivity contribution in [1.29, 1.82) is 0 Å². The number of rotatable bonds is 4. The maximum atomic E-state index is 13.1. The molecule has 0 saturated carbocycles. The summed E-state index contributed by atoms with van der Waals surface area (Å²) in [6.07, 6.45) is 1.67. The smallest absolute Gasteiger partial charge is 0.145 e. The van der Waals surface area contributed by atoms with E-state index >= 15 is 0 Å². The molecule has 0 spiro atoms. The number of aromatic nitrogens is 3. The van der Waals surface area contributed by atoms with Crippen molar-refractivity contribution in [3.05, 3.63) is 41.8 Å². The SMILES string of the molecule is CCn1nncc1NC(C)c1cccc(F)c1. The lowest BCUT2D eigenvalue weighted by atomic mass is 10.1. The summed E-state index contributed by atoms with van der Waals surface area (Å²) in [4.78, 5) is 0. The number of nitrogens with zero attached hydrogens (tertiary/aromatic N) is 3. The van der Waals surface area contributed by atoms with E-state index in [0.29, 0.717) is 0 Å². The molecule has 2 rings (SSSR count). The zero-order valence-electron chi connectivity index (χ0n) is 9.89. The fourth-order valence-corrected chi connectivity index (χ4v) is 1.68. The minimum absolute atomic E-state index is 0.00880. The minimum Gasteiger partial charge on any atom is -0.362 e. The maximum absolute atomic E-state index is 13.1. The fraction of sp³-hybridized carbons (Fsp3) is 0.333. The van der Waals surface area contributed by atoms with E-state index in [-0.39, 0.29) is 11.9 Å². The topological polar surface area (TPSA) is 42.7 Å². The van der Waals surface area contributed by atoms with E-state index in [9.17, 15) is 4.39 Å². The largest absolute Gasteiger partial charge is 0.362 e. The summed E-state index contributed by atoms with van der Waals surface area (Å²) in [5.74, 6) is 0.613. The molecule has 0 fully saturated rings. The Morgan fingerprint density at radius 3 is 3.00 bits per heavy atom. The summed E-state index contributed by atoms with van der Waals surface area (Å²) in [5, 5.41) is 11.0. The van der Waals surface area contributed by atoms with Gasteiger partial charge in [-0.1, -0.05) is 17.3 Å². The van der Waals surface area contributed by atoms with Crippen molar-refractivity contribution >= 4 is 5.82 Å². The third-order valence-corrected chi connectivity index (χ3v) is 2.63. The van der Waals surface area contributed by atoms with Crippen LogP contribution < -0.4 is 5.32 Å². The highest BCUT2D eigenvalue weighted by molar-refractivity contribution is 5.36. The van der Waals surface area contributed by atoms with E-state index in [1.807, 2.05) is 19.9 Å². The first kappa shape index (κ1) is 11.6. The average Bonchev–Trinajstić information content (AvgIpc) is 2.76. The molecule has 1 unspecified atom stereocenters. The highest BCUT2D eigenvalue weighted by atomic mass is 19.1. The molecule has 17 heavy (non-hydrogen) atoms. The van der Waals surface area contributed by atoms with E-state index in [2.05, 4.69) is 15.6 Å². The van der Waals surface area contributed by atoms with Crippen LogP contribution in [0.2, 0.25) is 0 Å². The normalized spacial score (nSPS) is 12.4. The van der Waals surface area contributed by atoms with Gasteiger partial charge in [-0.15, -0.1) is 5.10 Å². The monoisotopic (exact) mass is 234 g/mol. The van der Waals surface area contributed by atoms with Gasteiger partial charge in [0.2, 0.25) is 0 Å². The molecule has 1 aromatic heterocycles. The molecule has 1 atom stereocenters. The number of anilines is 1. The predicted molar refractivity (Wildman–Crippen MR) is 64.1 cm³/mol. The van der Waals surface area contributed by atoms with Crippen LogP contribution in [0.25, 0.3) is 0 Å². The molecule has 0 aliphatic carbocycles. The van der Waals surface area contributed by atoms with E-state index in [0.717, 1.165) is 17.9 Å². The number of benzene rings is 1. The van der Waals surface area contributed by atoms with E-state index in [1.165, 1.54) is 12.1 Å². The third-order valence-electron chi connectivity index (χ3n) is 2.63. The average molecular weight is 234 g/mol. The Hall–Kier alpha value is -1.91. The number of hydrogen-bond donors (Lipinski definition) is 1. The van der Waals surface area contributed by atoms with E-state index in [1.54, 1.807) is 16.9 Å². The lowest BCUT2D eigenvalue weighted by Crippen LogP contribution is -2.11. The van der Waals surface area contributed by atoms with Crippen molar-refractivity contribution in [1.82, 2.24) is 15.0 Å². The molecular formula is C12H15FN4. The van der Waals surface area contributed by atoms with Crippen LogP contribution in [-0.2, 0) is 6.54 Å². The fourth-order valence-electron chi connectivity index (χ4n) is 1.68. The number of hydrogen-bond acceptors (Lipinski definition) is 3. The third kappa shape index (κ3) is 2.61. The minimum atomic E-state index is -0.224. The summed E-state index contributed by atoms with van der Waals surface area (Å²) in [6.45, 7) is 4.71. The molecule has 90 valence electrons. The molecule has 1 aromatic carbocycles. The molecule has 0 aliphatic heterocycles. The highest BCUT2D eigenvalue weighted by Gasteiger charge is 2.09. The summed E-state index contributed by atoms with van der Waals surface area (Å²) in [7, 11) is 0. The zero-order valence-corrected chi connectivity index (χ0v) is 9.89. The Morgan fingerprint density at radius 2 is 2.29 bits per heavy atom. The first-order valence-electron chi connectivity index (χ1n) is 5.61. The number of halogens is 1. The first-order chi connectivity index (χ1) is 8.20. The van der Waals surface area contributed by atoms with Crippen LogP contribution in [-0.4, -0.2) is 15.0 Å². The van der Waals surface area contributed by atoms with Crippen LogP contribution in [0.3, 0.4) is 0 Å². The predicted octanol–water partition coefficient (Wildman–Crippen LogP) is 2.61. The Morgan fingerprint density at radius 1 is 1.47 bits per heavy atom. The van der Waals surface area contributed by atoms with Gasteiger partial charge in [0.1, 0.15) is 11.6 Å². The maximum Gasteiger partial charge on any atom is 0.145 e. The van der Waals surface area contributed by atoms with Crippen molar-refractivity contribution in [3.63, 3.8) is 0 Å². The van der Waals surface area contributed by atoms with Gasteiger partial charge < -0.3 is 5.32 Å². The molecule has 1 N–H and O–H groups in total. The second-order valence-electron chi connectivity index (χ2n) is 3.86. The molecule has 1 heterocycles. The van der Waals surface area contributed by atoms with Crippen molar-refractivity contribution < 1.29 is 4.39 Å². The Labute approximate surface area is 99.5 Å². The van der Waals surface area contributed by atoms with Crippen molar-refractivity contribution in [2.45, 2.75) is 26.4 Å². The molecule has 0 radical (unpaired) electrons. The zero-order chi connectivity index (χ0) is 12.3. The van der Waals surface area contributed by atoms with Gasteiger partial charge in [0.15, 0.2) is 0 Å². The van der Waals surface area contributed by atoms with Gasteiger partial charge in [-0.2, -0.15) is 0 Å². The molecule has 0 bridgehead atoms. The Bertz CT molecular complexity index is 495.